The summed E-state index contributed by atoms with van der Waals surface area (Å²) in [4.78, 5) is 27.9. The van der Waals surface area contributed by atoms with Crippen molar-refractivity contribution >= 4 is 17.7 Å². The van der Waals surface area contributed by atoms with E-state index in [1.54, 1.807) is 22.9 Å². The summed E-state index contributed by atoms with van der Waals surface area (Å²) in [6, 6.07) is 7.86. The fourth-order valence-electron chi connectivity index (χ4n) is 3.94. The van der Waals surface area contributed by atoms with E-state index in [2.05, 4.69) is 9.97 Å². The third kappa shape index (κ3) is 5.30. The van der Waals surface area contributed by atoms with Crippen LogP contribution in [0, 0.1) is 18.6 Å². The molecule has 0 unspecified atom stereocenters. The molecule has 0 spiro atoms. The molecule has 166 valence electrons. The zero-order valence-corrected chi connectivity index (χ0v) is 18.6. The fourth-order valence-corrected chi connectivity index (χ4v) is 4.70. The van der Waals surface area contributed by atoms with Crippen molar-refractivity contribution in [3.63, 3.8) is 0 Å². The summed E-state index contributed by atoms with van der Waals surface area (Å²) in [6.07, 6.45) is 7.01. The topological polar surface area (TPSA) is 59.0 Å². The highest BCUT2D eigenvalue weighted by Crippen LogP contribution is 2.30. The van der Waals surface area contributed by atoms with Gasteiger partial charge in [-0.05, 0) is 43.0 Å². The minimum atomic E-state index is -0.948. The lowest BCUT2D eigenvalue weighted by Crippen LogP contribution is -2.40. The predicted octanol–water partition coefficient (Wildman–Crippen LogP) is 4.70. The highest BCUT2D eigenvalue weighted by atomic mass is 32.2. The molecule has 1 amide bonds. The van der Waals surface area contributed by atoms with Crippen molar-refractivity contribution in [1.29, 1.82) is 0 Å². The summed E-state index contributed by atoms with van der Waals surface area (Å²) >= 11 is 1.55. The first-order chi connectivity index (χ1) is 15.5. The minimum absolute atomic E-state index is 0.0874. The van der Waals surface area contributed by atoms with Gasteiger partial charge in [0.25, 0.3) is 0 Å². The normalized spacial score (nSPS) is 16.2. The van der Waals surface area contributed by atoms with Crippen molar-refractivity contribution in [2.24, 2.45) is 0 Å². The van der Waals surface area contributed by atoms with E-state index in [0.29, 0.717) is 18.2 Å². The summed E-state index contributed by atoms with van der Waals surface area (Å²) < 4.78 is 27.5. The molecule has 0 aliphatic carbocycles. The van der Waals surface area contributed by atoms with Gasteiger partial charge in [0.15, 0.2) is 16.8 Å². The van der Waals surface area contributed by atoms with Crippen molar-refractivity contribution in [2.75, 3.05) is 13.1 Å². The van der Waals surface area contributed by atoms with Crippen LogP contribution in [0.4, 0.5) is 8.78 Å². The van der Waals surface area contributed by atoms with Gasteiger partial charge in [0.1, 0.15) is 0 Å². The van der Waals surface area contributed by atoms with E-state index in [9.17, 15) is 13.6 Å². The molecule has 0 N–H and O–H groups in total. The molecule has 0 saturated carbocycles. The SMILES string of the molecule is Cc1cnc(SCc2cccnc2)nc1[C@@H]1CCCN(C(=O)Cc2cccc(F)c2F)C1. The van der Waals surface area contributed by atoms with Gasteiger partial charge in [0, 0.05) is 48.9 Å². The van der Waals surface area contributed by atoms with Gasteiger partial charge in [-0.3, -0.25) is 9.78 Å². The van der Waals surface area contributed by atoms with E-state index < -0.39 is 11.6 Å². The second-order valence-corrected chi connectivity index (χ2v) is 8.88. The first kappa shape index (κ1) is 22.3. The Morgan fingerprint density at radius 3 is 2.91 bits per heavy atom. The minimum Gasteiger partial charge on any atom is -0.342 e. The summed E-state index contributed by atoms with van der Waals surface area (Å²) in [5.41, 5.74) is 3.13. The molecule has 1 fully saturated rings. The molecule has 1 aliphatic rings. The van der Waals surface area contributed by atoms with E-state index >= 15 is 0 Å². The van der Waals surface area contributed by atoms with Gasteiger partial charge in [-0.2, -0.15) is 0 Å². The van der Waals surface area contributed by atoms with Crippen LogP contribution >= 0.6 is 11.8 Å². The number of thioether (sulfide) groups is 1. The quantitative estimate of drug-likeness (QED) is 0.399. The van der Waals surface area contributed by atoms with E-state index in [-0.39, 0.29) is 23.8 Å². The number of carbonyl (C=O) groups excluding carboxylic acids is 1. The van der Waals surface area contributed by atoms with Gasteiger partial charge in [-0.15, -0.1) is 0 Å². The van der Waals surface area contributed by atoms with Crippen LogP contribution in [0.1, 0.15) is 41.1 Å². The van der Waals surface area contributed by atoms with Gasteiger partial charge < -0.3 is 4.90 Å². The first-order valence-electron chi connectivity index (χ1n) is 10.6. The number of pyridine rings is 1. The number of amides is 1. The predicted molar refractivity (Wildman–Crippen MR) is 119 cm³/mol. The number of aryl methyl sites for hydroxylation is 1. The number of likely N-dealkylation sites (tertiary alicyclic amines) is 1. The average molecular weight is 455 g/mol. The number of halogens is 2. The van der Waals surface area contributed by atoms with Crippen LogP contribution in [0.2, 0.25) is 0 Å². The molecule has 8 heteroatoms. The highest BCUT2D eigenvalue weighted by molar-refractivity contribution is 7.98. The number of piperidine rings is 1. The Labute approximate surface area is 190 Å². The second-order valence-electron chi connectivity index (χ2n) is 7.94. The van der Waals surface area contributed by atoms with Crippen LogP contribution in [0.5, 0.6) is 0 Å². The van der Waals surface area contributed by atoms with Gasteiger partial charge in [0.2, 0.25) is 5.91 Å². The average Bonchev–Trinajstić information content (AvgIpc) is 2.82. The lowest BCUT2D eigenvalue weighted by molar-refractivity contribution is -0.131. The van der Waals surface area contributed by atoms with Crippen molar-refractivity contribution in [2.45, 2.75) is 43.0 Å². The van der Waals surface area contributed by atoms with Crippen molar-refractivity contribution in [3.05, 3.63) is 82.9 Å². The third-order valence-corrected chi connectivity index (χ3v) is 6.55. The summed E-state index contributed by atoms with van der Waals surface area (Å²) in [7, 11) is 0. The van der Waals surface area contributed by atoms with Crippen LogP contribution in [0.15, 0.2) is 54.1 Å². The Balaban J connectivity index is 1.44. The molecule has 1 atom stereocenters. The van der Waals surface area contributed by atoms with Crippen LogP contribution < -0.4 is 0 Å². The van der Waals surface area contributed by atoms with Crippen molar-refractivity contribution < 1.29 is 13.6 Å². The first-order valence-corrected chi connectivity index (χ1v) is 11.6. The van der Waals surface area contributed by atoms with E-state index in [1.165, 1.54) is 12.1 Å². The van der Waals surface area contributed by atoms with Crippen LogP contribution in [-0.4, -0.2) is 38.8 Å². The molecule has 1 aromatic carbocycles. The molecule has 5 nitrogen and oxygen atoms in total. The maximum absolute atomic E-state index is 14.0. The molecular weight excluding hydrogens is 430 g/mol. The third-order valence-electron chi connectivity index (χ3n) is 5.61. The van der Waals surface area contributed by atoms with Crippen LogP contribution in [0.3, 0.4) is 0 Å². The number of aromatic nitrogens is 3. The molecule has 3 heterocycles. The second kappa shape index (κ2) is 10.2. The van der Waals surface area contributed by atoms with Gasteiger partial charge in [0.05, 0.1) is 12.1 Å². The number of benzene rings is 1. The van der Waals surface area contributed by atoms with Crippen molar-refractivity contribution in [3.8, 4) is 0 Å². The Morgan fingerprint density at radius 2 is 2.09 bits per heavy atom. The molecule has 0 radical (unpaired) electrons. The monoisotopic (exact) mass is 454 g/mol. The highest BCUT2D eigenvalue weighted by Gasteiger charge is 2.27. The largest absolute Gasteiger partial charge is 0.342 e. The summed E-state index contributed by atoms with van der Waals surface area (Å²) in [6.45, 7) is 3.10. The Bertz CT molecular complexity index is 1100. The number of carbonyl (C=O) groups is 1. The van der Waals surface area contributed by atoms with Gasteiger partial charge in [-0.1, -0.05) is 30.0 Å². The zero-order chi connectivity index (χ0) is 22.5. The van der Waals surface area contributed by atoms with E-state index in [1.807, 2.05) is 31.5 Å². The van der Waals surface area contributed by atoms with Crippen LogP contribution in [-0.2, 0) is 17.0 Å². The summed E-state index contributed by atoms with van der Waals surface area (Å²) in [5.74, 6) is -1.26. The molecule has 1 saturated heterocycles. The molecular formula is C24H24F2N4OS. The maximum atomic E-state index is 14.0. The fraction of sp³-hybridized carbons (Fsp3) is 0.333. The van der Waals surface area contributed by atoms with Gasteiger partial charge in [-0.25, -0.2) is 18.7 Å². The van der Waals surface area contributed by atoms with Crippen molar-refractivity contribution in [1.82, 2.24) is 19.9 Å². The number of hydrogen-bond acceptors (Lipinski definition) is 5. The van der Waals surface area contributed by atoms with E-state index in [0.717, 1.165) is 41.5 Å². The Morgan fingerprint density at radius 1 is 1.22 bits per heavy atom. The maximum Gasteiger partial charge on any atom is 0.227 e. The molecule has 32 heavy (non-hydrogen) atoms. The number of hydrogen-bond donors (Lipinski definition) is 0. The smallest absolute Gasteiger partial charge is 0.227 e. The summed E-state index contributed by atoms with van der Waals surface area (Å²) in [5, 5.41) is 0.694. The zero-order valence-electron chi connectivity index (χ0n) is 17.8. The lowest BCUT2D eigenvalue weighted by atomic mass is 9.92. The molecule has 1 aliphatic heterocycles. The van der Waals surface area contributed by atoms with Gasteiger partial charge >= 0.3 is 0 Å². The Kier molecular flexibility index (Phi) is 7.09. The Hall–Kier alpha value is -2.87. The number of nitrogens with zero attached hydrogens (tertiary/aromatic N) is 4. The van der Waals surface area contributed by atoms with Crippen LogP contribution in [0.25, 0.3) is 0 Å². The lowest BCUT2D eigenvalue weighted by Gasteiger charge is -2.33. The van der Waals surface area contributed by atoms with E-state index in [4.69, 9.17) is 4.98 Å². The molecule has 2 aromatic heterocycles. The molecule has 4 rings (SSSR count). The standard InChI is InChI=1S/C24H24F2N4OS/c1-16-12-28-24(32-15-17-5-3-9-27-13-17)29-23(16)19-7-4-10-30(14-19)21(31)11-18-6-2-8-20(25)22(18)26/h2-3,5-6,8-9,12-13,19H,4,7,10-11,14-15H2,1H3/t19-/m1/s1. The number of rotatable bonds is 6. The molecule has 3 aromatic rings. The molecule has 0 bridgehead atoms.